The lowest BCUT2D eigenvalue weighted by Crippen LogP contribution is -2.34. The molecule has 2 N–H and O–H groups in total. The summed E-state index contributed by atoms with van der Waals surface area (Å²) in [5.41, 5.74) is 5.48. The lowest BCUT2D eigenvalue weighted by atomic mass is 9.92. The van der Waals surface area contributed by atoms with Crippen LogP contribution in [0.15, 0.2) is 53.4 Å². The van der Waals surface area contributed by atoms with Crippen LogP contribution >= 0.6 is 11.9 Å². The topological polar surface area (TPSA) is 59.1 Å². The van der Waals surface area contributed by atoms with Crippen molar-refractivity contribution in [3.8, 4) is 17.1 Å². The highest BCUT2D eigenvalue weighted by Gasteiger charge is 2.21. The van der Waals surface area contributed by atoms with Crippen LogP contribution in [0, 0.1) is 25.7 Å². The van der Waals surface area contributed by atoms with E-state index >= 15 is 0 Å². The van der Waals surface area contributed by atoms with Crippen LogP contribution in [-0.2, 0) is 0 Å². The van der Waals surface area contributed by atoms with Gasteiger partial charge in [-0.1, -0.05) is 58.9 Å². The van der Waals surface area contributed by atoms with E-state index in [0.717, 1.165) is 28.3 Å². The Balaban J connectivity index is 0.00000158. The molecule has 3 aromatic rings. The maximum absolute atomic E-state index is 6.29. The Hall–Kier alpha value is -2.73. The summed E-state index contributed by atoms with van der Waals surface area (Å²) in [6.45, 7) is 15.6. The van der Waals surface area contributed by atoms with Gasteiger partial charge in [0.15, 0.2) is 0 Å². The number of benzene rings is 2. The van der Waals surface area contributed by atoms with Gasteiger partial charge in [-0.15, -0.1) is 0 Å². The molecule has 0 amide bonds. The molecule has 5 nitrogen and oxygen atoms in total. The average Bonchev–Trinajstić information content (AvgIpc) is 2.81. The molecule has 2 atom stereocenters. The van der Waals surface area contributed by atoms with Crippen molar-refractivity contribution in [3.63, 3.8) is 0 Å². The fourth-order valence-electron chi connectivity index (χ4n) is 4.29. The summed E-state index contributed by atoms with van der Waals surface area (Å²) in [5.74, 6) is 2.22. The van der Waals surface area contributed by atoms with Crippen molar-refractivity contribution in [1.82, 2.24) is 9.97 Å². The van der Waals surface area contributed by atoms with Crippen LogP contribution in [0.4, 0.5) is 11.6 Å². The number of ether oxygens (including phenoxy) is 1. The summed E-state index contributed by atoms with van der Waals surface area (Å²) in [6.07, 6.45) is 1.12. The number of aromatic nitrogens is 2. The van der Waals surface area contributed by atoms with Gasteiger partial charge in [0.2, 0.25) is 11.8 Å². The molecule has 0 aliphatic carbocycles. The molecule has 1 aliphatic heterocycles. The molecule has 4 bridgehead atoms. The molecule has 2 aromatic carbocycles. The first-order valence-electron chi connectivity index (χ1n) is 12.3. The molecular formula is C28H38N4OS. The van der Waals surface area contributed by atoms with Crippen molar-refractivity contribution in [1.29, 1.82) is 0 Å². The minimum Gasteiger partial charge on any atom is -0.475 e. The highest BCUT2D eigenvalue weighted by atomic mass is 32.2. The summed E-state index contributed by atoms with van der Waals surface area (Å²) >= 11 is 1.51. The van der Waals surface area contributed by atoms with Crippen LogP contribution in [0.3, 0.4) is 0 Å². The van der Waals surface area contributed by atoms with Crippen LogP contribution in [-0.4, -0.2) is 22.6 Å². The number of hydrogen-bond donors (Lipinski definition) is 2. The van der Waals surface area contributed by atoms with Gasteiger partial charge in [0.25, 0.3) is 0 Å². The lowest BCUT2D eigenvalue weighted by molar-refractivity contribution is 0.242. The van der Waals surface area contributed by atoms with Gasteiger partial charge < -0.3 is 10.1 Å². The van der Waals surface area contributed by atoms with Crippen LogP contribution in [0.25, 0.3) is 11.3 Å². The molecular weight excluding hydrogens is 440 g/mol. The summed E-state index contributed by atoms with van der Waals surface area (Å²) in [4.78, 5) is 10.6. The van der Waals surface area contributed by atoms with Crippen molar-refractivity contribution in [2.75, 3.05) is 16.6 Å². The van der Waals surface area contributed by atoms with Crippen molar-refractivity contribution < 1.29 is 4.74 Å². The fourth-order valence-corrected chi connectivity index (χ4v) is 4.92. The Bertz CT molecular complexity index is 1070. The fraction of sp³-hybridized carbons (Fsp3) is 0.429. The average molecular weight is 479 g/mol. The molecule has 182 valence electrons. The molecule has 0 saturated carbocycles. The zero-order chi connectivity index (χ0) is 24.7. The number of aryl methyl sites for hydroxylation is 2. The monoisotopic (exact) mass is 478 g/mol. The second-order valence-corrected chi connectivity index (χ2v) is 9.96. The predicted molar refractivity (Wildman–Crippen MR) is 146 cm³/mol. The molecule has 0 radical (unpaired) electrons. The zero-order valence-electron chi connectivity index (χ0n) is 21.5. The summed E-state index contributed by atoms with van der Waals surface area (Å²) in [5, 5.41) is 3.70. The van der Waals surface area contributed by atoms with E-state index in [-0.39, 0.29) is 6.04 Å². The molecule has 2 heterocycles. The number of rotatable bonds is 4. The first kappa shape index (κ1) is 25.9. The maximum Gasteiger partial charge on any atom is 0.237 e. The van der Waals surface area contributed by atoms with Gasteiger partial charge in [-0.05, 0) is 73.4 Å². The van der Waals surface area contributed by atoms with Gasteiger partial charge in [-0.2, -0.15) is 4.98 Å². The quantitative estimate of drug-likeness (QED) is 0.374. The van der Waals surface area contributed by atoms with E-state index in [9.17, 15) is 0 Å². The minimum atomic E-state index is 0.173. The maximum atomic E-state index is 6.29. The van der Waals surface area contributed by atoms with Gasteiger partial charge in [0.1, 0.15) is 6.61 Å². The molecule has 34 heavy (non-hydrogen) atoms. The van der Waals surface area contributed by atoms with E-state index < -0.39 is 0 Å². The molecule has 0 saturated heterocycles. The molecule has 2 unspecified atom stereocenters. The molecule has 1 aliphatic rings. The van der Waals surface area contributed by atoms with Crippen molar-refractivity contribution >= 4 is 23.6 Å². The van der Waals surface area contributed by atoms with Crippen molar-refractivity contribution in [3.05, 3.63) is 59.7 Å². The zero-order valence-corrected chi connectivity index (χ0v) is 22.3. The first-order chi connectivity index (χ1) is 16.4. The largest absolute Gasteiger partial charge is 0.475 e. The Labute approximate surface area is 209 Å². The van der Waals surface area contributed by atoms with E-state index in [1.807, 2.05) is 19.9 Å². The summed E-state index contributed by atoms with van der Waals surface area (Å²) < 4.78 is 9.59. The molecule has 4 rings (SSSR count). The SMILES string of the molecule is CC.Cc1cccc(C)c1-c1cc2nc(n1)NSc1cccc(c1)NC(C(C)CC(C)C)CO2. The van der Waals surface area contributed by atoms with Gasteiger partial charge in [0.05, 0.1) is 11.7 Å². The predicted octanol–water partition coefficient (Wildman–Crippen LogP) is 7.76. The Morgan fingerprint density at radius 3 is 2.41 bits per heavy atom. The second kappa shape index (κ2) is 12.1. The normalized spacial score (nSPS) is 15.9. The number of fused-ring (bicyclic) bond motifs is 4. The third kappa shape index (κ3) is 6.66. The van der Waals surface area contributed by atoms with E-state index in [1.54, 1.807) is 0 Å². The van der Waals surface area contributed by atoms with E-state index in [2.05, 4.69) is 92.1 Å². The van der Waals surface area contributed by atoms with Crippen LogP contribution in [0.1, 0.15) is 52.2 Å². The van der Waals surface area contributed by atoms with Gasteiger partial charge in [-0.3, -0.25) is 4.72 Å². The van der Waals surface area contributed by atoms with Crippen LogP contribution in [0.2, 0.25) is 0 Å². The number of nitrogens with zero attached hydrogens (tertiary/aromatic N) is 2. The van der Waals surface area contributed by atoms with E-state index in [0.29, 0.717) is 30.3 Å². The third-order valence-corrected chi connectivity index (χ3v) is 6.60. The first-order valence-corrected chi connectivity index (χ1v) is 13.1. The van der Waals surface area contributed by atoms with Crippen LogP contribution in [0.5, 0.6) is 5.88 Å². The van der Waals surface area contributed by atoms with Crippen molar-refractivity contribution in [2.24, 2.45) is 11.8 Å². The third-order valence-electron chi connectivity index (χ3n) is 5.83. The Morgan fingerprint density at radius 2 is 1.71 bits per heavy atom. The van der Waals surface area contributed by atoms with Gasteiger partial charge in [-0.25, -0.2) is 4.98 Å². The van der Waals surface area contributed by atoms with Crippen LogP contribution < -0.4 is 14.8 Å². The standard InChI is InChI=1S/C26H32N4OS.C2H6/c1-16(2)12-19(5)23-15-31-24-14-22(25-17(3)8-6-9-18(25)4)28-26(29-24)30-32-21-11-7-10-20(13-21)27-23;1-2/h6-11,13-14,16,19,23,27H,12,15H2,1-5H3,(H,28,29,30);1-2H3. The molecule has 0 spiro atoms. The molecule has 0 fully saturated rings. The van der Waals surface area contributed by atoms with Gasteiger partial charge >= 0.3 is 0 Å². The van der Waals surface area contributed by atoms with E-state index in [1.165, 1.54) is 23.1 Å². The van der Waals surface area contributed by atoms with Gasteiger partial charge in [0, 0.05) is 22.2 Å². The highest BCUT2D eigenvalue weighted by molar-refractivity contribution is 8.00. The highest BCUT2D eigenvalue weighted by Crippen LogP contribution is 2.31. The Morgan fingerprint density at radius 1 is 1.00 bits per heavy atom. The molecule has 1 aromatic heterocycles. The summed E-state index contributed by atoms with van der Waals surface area (Å²) in [7, 11) is 0. The summed E-state index contributed by atoms with van der Waals surface area (Å²) in [6, 6.07) is 16.9. The number of hydrogen-bond acceptors (Lipinski definition) is 6. The minimum absolute atomic E-state index is 0.173. The number of nitrogens with one attached hydrogen (secondary N) is 2. The second-order valence-electron chi connectivity index (χ2n) is 9.08. The van der Waals surface area contributed by atoms with Crippen molar-refractivity contribution in [2.45, 2.75) is 65.8 Å². The van der Waals surface area contributed by atoms with E-state index in [4.69, 9.17) is 9.72 Å². The number of anilines is 2. The lowest BCUT2D eigenvalue weighted by Gasteiger charge is -2.28. The smallest absolute Gasteiger partial charge is 0.237 e. The Kier molecular flexibility index (Phi) is 9.22. The molecule has 6 heteroatoms.